The molecule has 0 saturated carbocycles. The number of amides is 1. The van der Waals surface area contributed by atoms with E-state index in [1.807, 2.05) is 0 Å². The summed E-state index contributed by atoms with van der Waals surface area (Å²) in [5.41, 5.74) is -0.211. The third kappa shape index (κ3) is 4.28. The Hall–Kier alpha value is -2.46. The van der Waals surface area contributed by atoms with Gasteiger partial charge in [-0.3, -0.25) is 14.4 Å². The first-order valence-electron chi connectivity index (χ1n) is 8.72. The minimum absolute atomic E-state index is 0.162. The number of H-pyrrole nitrogens is 1. The van der Waals surface area contributed by atoms with Gasteiger partial charge >= 0.3 is 11.1 Å². The predicted molar refractivity (Wildman–Crippen MR) is 101 cm³/mol. The average molecular weight is 394 g/mol. The van der Waals surface area contributed by atoms with Crippen LogP contribution in [0.2, 0.25) is 0 Å². The fourth-order valence-electron chi connectivity index (χ4n) is 3.33. The summed E-state index contributed by atoms with van der Waals surface area (Å²) in [4.78, 5) is 38.8. The fourth-order valence-corrected chi connectivity index (χ4v) is 4.20. The van der Waals surface area contributed by atoms with Crippen LogP contribution in [0.1, 0.15) is 12.8 Å². The van der Waals surface area contributed by atoms with E-state index in [4.69, 9.17) is 0 Å². The van der Waals surface area contributed by atoms with E-state index in [0.717, 1.165) is 6.26 Å². The smallest absolute Gasteiger partial charge is 0.316 e. The molecule has 0 radical (unpaired) electrons. The summed E-state index contributed by atoms with van der Waals surface area (Å²) in [6.45, 7) is 1.04. The largest absolute Gasteiger partial charge is 0.354 e. The molecule has 0 unspecified atom stereocenters. The van der Waals surface area contributed by atoms with Gasteiger partial charge in [0.25, 0.3) is 0 Å². The van der Waals surface area contributed by atoms with Crippen molar-refractivity contribution < 1.29 is 13.2 Å². The molecule has 1 aromatic heterocycles. The molecule has 3 rings (SSSR count). The molecule has 0 spiro atoms. The highest BCUT2D eigenvalue weighted by atomic mass is 32.2. The lowest BCUT2D eigenvalue weighted by Crippen LogP contribution is -2.44. The molecule has 9 nitrogen and oxygen atoms in total. The van der Waals surface area contributed by atoms with E-state index >= 15 is 0 Å². The molecule has 1 aliphatic rings. The zero-order valence-electron chi connectivity index (χ0n) is 15.0. The summed E-state index contributed by atoms with van der Waals surface area (Å²) in [5, 5.41) is 2.79. The van der Waals surface area contributed by atoms with Crippen molar-refractivity contribution in [1.82, 2.24) is 19.2 Å². The first-order chi connectivity index (χ1) is 12.8. The molecule has 2 N–H and O–H groups in total. The van der Waals surface area contributed by atoms with Crippen LogP contribution in [0, 0.1) is 5.92 Å². The minimum atomic E-state index is -3.23. The zero-order valence-corrected chi connectivity index (χ0v) is 15.8. The van der Waals surface area contributed by atoms with Gasteiger partial charge < -0.3 is 14.9 Å². The molecule has 0 bridgehead atoms. The highest BCUT2D eigenvalue weighted by molar-refractivity contribution is 7.88. The van der Waals surface area contributed by atoms with E-state index in [9.17, 15) is 22.8 Å². The van der Waals surface area contributed by atoms with Crippen LogP contribution in [-0.2, 0) is 21.4 Å². The van der Waals surface area contributed by atoms with Crippen molar-refractivity contribution >= 4 is 27.0 Å². The van der Waals surface area contributed by atoms with Crippen molar-refractivity contribution in [3.8, 4) is 0 Å². The van der Waals surface area contributed by atoms with E-state index < -0.39 is 21.1 Å². The molecule has 27 heavy (non-hydrogen) atoms. The lowest BCUT2D eigenvalue weighted by Gasteiger charge is -2.29. The number of fused-ring (bicyclic) bond motifs is 1. The molecule has 146 valence electrons. The van der Waals surface area contributed by atoms with Gasteiger partial charge in [-0.05, 0) is 25.0 Å². The van der Waals surface area contributed by atoms with Crippen molar-refractivity contribution in [1.29, 1.82) is 0 Å². The number of sulfonamides is 1. The van der Waals surface area contributed by atoms with Crippen molar-refractivity contribution in [2.24, 2.45) is 5.92 Å². The summed E-state index contributed by atoms with van der Waals surface area (Å²) in [5.74, 6) is -0.416. The fraction of sp³-hybridized carbons (Fsp3) is 0.471. The van der Waals surface area contributed by atoms with Gasteiger partial charge in [-0.15, -0.1) is 0 Å². The van der Waals surface area contributed by atoms with Crippen LogP contribution in [0.3, 0.4) is 0 Å². The van der Waals surface area contributed by atoms with Gasteiger partial charge in [0, 0.05) is 32.1 Å². The molecule has 2 aromatic rings. The predicted octanol–water partition coefficient (Wildman–Crippen LogP) is -0.522. The maximum Gasteiger partial charge on any atom is 0.316 e. The highest BCUT2D eigenvalue weighted by Crippen LogP contribution is 2.19. The maximum absolute atomic E-state index is 12.3. The number of carbonyl (C=O) groups excluding carboxylic acids is 1. The molecular weight excluding hydrogens is 372 g/mol. The SMILES string of the molecule is CS(=O)(=O)N1CCC(C(=O)NCCn2c(=O)c(=O)[nH]c3ccccc32)CC1. The highest BCUT2D eigenvalue weighted by Gasteiger charge is 2.28. The number of nitrogens with one attached hydrogen (secondary N) is 2. The van der Waals surface area contributed by atoms with E-state index in [1.54, 1.807) is 24.3 Å². The Morgan fingerprint density at radius 1 is 1.22 bits per heavy atom. The van der Waals surface area contributed by atoms with Gasteiger partial charge in [0.1, 0.15) is 0 Å². The number of nitrogens with zero attached hydrogens (tertiary/aromatic N) is 2. The summed E-state index contributed by atoms with van der Waals surface area (Å²) >= 11 is 0. The van der Waals surface area contributed by atoms with Crippen LogP contribution in [-0.4, -0.2) is 54.1 Å². The average Bonchev–Trinajstić information content (AvgIpc) is 2.64. The Morgan fingerprint density at radius 2 is 1.89 bits per heavy atom. The second kappa shape index (κ2) is 7.65. The first-order valence-corrected chi connectivity index (χ1v) is 10.6. The van der Waals surface area contributed by atoms with E-state index in [0.29, 0.717) is 37.0 Å². The topological polar surface area (TPSA) is 121 Å². The molecule has 1 aliphatic heterocycles. The minimum Gasteiger partial charge on any atom is -0.354 e. The Bertz CT molecular complexity index is 1060. The van der Waals surface area contributed by atoms with Gasteiger partial charge in [0.05, 0.1) is 17.3 Å². The van der Waals surface area contributed by atoms with Crippen molar-refractivity contribution in [2.75, 3.05) is 25.9 Å². The third-order valence-electron chi connectivity index (χ3n) is 4.81. The monoisotopic (exact) mass is 394 g/mol. The van der Waals surface area contributed by atoms with Crippen LogP contribution in [0.25, 0.3) is 11.0 Å². The summed E-state index contributed by atoms with van der Waals surface area (Å²) in [6.07, 6.45) is 2.09. The molecule has 0 atom stereocenters. The maximum atomic E-state index is 12.3. The molecular formula is C17H22N4O5S. The van der Waals surface area contributed by atoms with E-state index in [2.05, 4.69) is 10.3 Å². The van der Waals surface area contributed by atoms with Crippen molar-refractivity contribution in [3.05, 3.63) is 45.0 Å². The summed E-state index contributed by atoms with van der Waals surface area (Å²) in [7, 11) is -3.23. The standard InChI is InChI=1S/C17H22N4O5S/c1-27(25,26)20-9-6-12(7-10-20)15(22)18-8-11-21-14-5-3-2-4-13(14)19-16(23)17(21)24/h2-5,12H,6-11H2,1H3,(H,18,22)(H,19,23). The number of aromatic amines is 1. The quantitative estimate of drug-likeness (QED) is 0.661. The van der Waals surface area contributed by atoms with E-state index in [-0.39, 0.29) is 24.9 Å². The number of rotatable bonds is 5. The molecule has 0 aliphatic carbocycles. The van der Waals surface area contributed by atoms with Crippen molar-refractivity contribution in [3.63, 3.8) is 0 Å². The molecule has 1 saturated heterocycles. The van der Waals surface area contributed by atoms with Crippen LogP contribution in [0.15, 0.2) is 33.9 Å². The second-order valence-corrected chi connectivity index (χ2v) is 8.64. The van der Waals surface area contributed by atoms with Crippen LogP contribution < -0.4 is 16.4 Å². The van der Waals surface area contributed by atoms with Gasteiger partial charge in [-0.1, -0.05) is 12.1 Å². The van der Waals surface area contributed by atoms with Crippen molar-refractivity contribution in [2.45, 2.75) is 19.4 Å². The lowest BCUT2D eigenvalue weighted by atomic mass is 9.97. The van der Waals surface area contributed by atoms with E-state index in [1.165, 1.54) is 8.87 Å². The Kier molecular flexibility index (Phi) is 5.47. The van der Waals surface area contributed by atoms with Gasteiger partial charge in [0.15, 0.2) is 0 Å². The lowest BCUT2D eigenvalue weighted by molar-refractivity contribution is -0.126. The molecule has 1 fully saturated rings. The van der Waals surface area contributed by atoms with Crippen LogP contribution >= 0.6 is 0 Å². The summed E-state index contributed by atoms with van der Waals surface area (Å²) in [6, 6.07) is 6.97. The molecule has 2 heterocycles. The molecule has 1 aromatic carbocycles. The third-order valence-corrected chi connectivity index (χ3v) is 6.11. The number of piperidine rings is 1. The number of hydrogen-bond donors (Lipinski definition) is 2. The van der Waals surface area contributed by atoms with Gasteiger partial charge in [-0.2, -0.15) is 0 Å². The Balaban J connectivity index is 1.62. The number of carbonyl (C=O) groups is 1. The van der Waals surface area contributed by atoms with Gasteiger partial charge in [0.2, 0.25) is 15.9 Å². The first kappa shape index (κ1) is 19.3. The number of hydrogen-bond acceptors (Lipinski definition) is 5. The number of aromatic nitrogens is 2. The Morgan fingerprint density at radius 3 is 2.56 bits per heavy atom. The normalized spacial score (nSPS) is 16.5. The molecule has 1 amide bonds. The van der Waals surface area contributed by atoms with Crippen LogP contribution in [0.4, 0.5) is 0 Å². The summed E-state index contributed by atoms with van der Waals surface area (Å²) < 4.78 is 25.8. The second-order valence-electron chi connectivity index (χ2n) is 6.66. The Labute approximate surface area is 156 Å². The number of benzene rings is 1. The number of para-hydroxylation sites is 2. The van der Waals surface area contributed by atoms with Gasteiger partial charge in [-0.25, -0.2) is 12.7 Å². The van der Waals surface area contributed by atoms with Crippen LogP contribution in [0.5, 0.6) is 0 Å². The molecule has 10 heteroatoms. The zero-order chi connectivity index (χ0) is 19.6.